The molecule has 1 aliphatic rings. The molecule has 1 unspecified atom stereocenters. The van der Waals surface area contributed by atoms with Gasteiger partial charge >= 0.3 is 0 Å². The molecule has 206 valence electrons. The lowest BCUT2D eigenvalue weighted by atomic mass is 9.90. The average molecular weight is 540 g/mol. The Labute approximate surface area is 233 Å². The maximum atomic E-state index is 15.4. The number of fused-ring (bicyclic) bond motifs is 1. The predicted molar refractivity (Wildman–Crippen MR) is 156 cm³/mol. The summed E-state index contributed by atoms with van der Waals surface area (Å²) in [6.07, 6.45) is 5.06. The molecule has 1 aliphatic carbocycles. The number of aliphatic hydroxyl groups excluding tert-OH is 1. The van der Waals surface area contributed by atoms with Gasteiger partial charge in [-0.3, -0.25) is 14.6 Å². The number of anilines is 2. The second-order valence-corrected chi connectivity index (χ2v) is 10.6. The van der Waals surface area contributed by atoms with Crippen molar-refractivity contribution in [3.63, 3.8) is 0 Å². The Morgan fingerprint density at radius 3 is 2.55 bits per heavy atom. The number of aromatic nitrogens is 1. The standard InChI is InChI=1S/C33H34FN3O3/c1-3-7-25(39)14-20(2)26-13-10-21(15-30(26)34)27-17-28-31(16-22(27)19-38)35-18-29(33(40)37-24-11-12-24)32(28)36-23-8-5-4-6-9-23/h4-6,8-10,13,15-18,20,24,38H,3,7,11-12,14,19H2,1-2H3,(H,35,36)(H,37,40). The number of Topliss-reactive ketones (excluding diaryl/α,β-unsaturated/α-hetero) is 1. The lowest BCUT2D eigenvalue weighted by Crippen LogP contribution is -2.26. The van der Waals surface area contributed by atoms with Crippen LogP contribution in [0.1, 0.15) is 73.4 Å². The average Bonchev–Trinajstić information content (AvgIpc) is 3.77. The van der Waals surface area contributed by atoms with Gasteiger partial charge in [0.15, 0.2) is 0 Å². The van der Waals surface area contributed by atoms with Gasteiger partial charge in [0.2, 0.25) is 0 Å². The first-order valence-electron chi connectivity index (χ1n) is 13.9. The summed E-state index contributed by atoms with van der Waals surface area (Å²) in [7, 11) is 0. The van der Waals surface area contributed by atoms with Crippen LogP contribution >= 0.6 is 0 Å². The highest BCUT2D eigenvalue weighted by molar-refractivity contribution is 6.09. The highest BCUT2D eigenvalue weighted by Crippen LogP contribution is 2.36. The zero-order chi connectivity index (χ0) is 28.2. The van der Waals surface area contributed by atoms with Crippen LogP contribution in [0.15, 0.2) is 66.9 Å². The molecule has 1 aromatic heterocycles. The SMILES string of the molecule is CCCC(=O)CC(C)c1ccc(-c2cc3c(Nc4ccccc4)c(C(=O)NC4CC4)cnc3cc2CO)cc1F. The molecule has 3 N–H and O–H groups in total. The maximum Gasteiger partial charge on any atom is 0.255 e. The predicted octanol–water partition coefficient (Wildman–Crippen LogP) is 7.03. The Hall–Kier alpha value is -4.10. The van der Waals surface area contributed by atoms with Crippen LogP contribution < -0.4 is 10.6 Å². The largest absolute Gasteiger partial charge is 0.392 e. The van der Waals surface area contributed by atoms with E-state index in [4.69, 9.17) is 0 Å². The van der Waals surface area contributed by atoms with E-state index in [1.165, 1.54) is 6.07 Å². The summed E-state index contributed by atoms with van der Waals surface area (Å²) in [6, 6.07) is 18.4. The lowest BCUT2D eigenvalue weighted by molar-refractivity contribution is -0.119. The van der Waals surface area contributed by atoms with E-state index < -0.39 is 5.82 Å². The molecule has 0 aliphatic heterocycles. The first-order chi connectivity index (χ1) is 19.4. The number of ketones is 1. The zero-order valence-corrected chi connectivity index (χ0v) is 22.8. The van der Waals surface area contributed by atoms with Crippen molar-refractivity contribution in [2.24, 2.45) is 0 Å². The second kappa shape index (κ2) is 12.0. The highest BCUT2D eigenvalue weighted by Gasteiger charge is 2.26. The van der Waals surface area contributed by atoms with Crippen molar-refractivity contribution in [2.45, 2.75) is 64.5 Å². The van der Waals surface area contributed by atoms with Gasteiger partial charge in [0.05, 0.1) is 23.4 Å². The number of para-hydroxylation sites is 1. The van der Waals surface area contributed by atoms with E-state index in [1.54, 1.807) is 18.3 Å². The molecule has 5 rings (SSSR count). The number of hydrogen-bond donors (Lipinski definition) is 3. The van der Waals surface area contributed by atoms with E-state index in [0.717, 1.165) is 24.9 Å². The number of nitrogens with one attached hydrogen (secondary N) is 2. The van der Waals surface area contributed by atoms with Gasteiger partial charge in [-0.25, -0.2) is 4.39 Å². The third-order valence-corrected chi connectivity index (χ3v) is 7.37. The highest BCUT2D eigenvalue weighted by atomic mass is 19.1. The quantitative estimate of drug-likeness (QED) is 0.190. The van der Waals surface area contributed by atoms with Crippen LogP contribution in [0.25, 0.3) is 22.0 Å². The molecule has 1 fully saturated rings. The Morgan fingerprint density at radius 1 is 1.10 bits per heavy atom. The summed E-state index contributed by atoms with van der Waals surface area (Å²) in [6.45, 7) is 3.56. The minimum Gasteiger partial charge on any atom is -0.392 e. The first-order valence-corrected chi connectivity index (χ1v) is 13.9. The van der Waals surface area contributed by atoms with Crippen molar-refractivity contribution in [3.05, 3.63) is 89.4 Å². The van der Waals surface area contributed by atoms with Crippen molar-refractivity contribution < 1.29 is 19.1 Å². The summed E-state index contributed by atoms with van der Waals surface area (Å²) in [5.74, 6) is -0.704. The van der Waals surface area contributed by atoms with E-state index in [0.29, 0.717) is 57.2 Å². The van der Waals surface area contributed by atoms with E-state index in [2.05, 4.69) is 15.6 Å². The molecule has 0 saturated heterocycles. The van der Waals surface area contributed by atoms with Crippen LogP contribution in [0.5, 0.6) is 0 Å². The number of carbonyl (C=O) groups excluding carboxylic acids is 2. The Bertz CT molecular complexity index is 1550. The summed E-state index contributed by atoms with van der Waals surface area (Å²) in [5.41, 5.74) is 4.76. The van der Waals surface area contributed by atoms with Gasteiger partial charge < -0.3 is 15.7 Å². The summed E-state index contributed by atoms with van der Waals surface area (Å²) < 4.78 is 15.4. The van der Waals surface area contributed by atoms with E-state index >= 15 is 4.39 Å². The molecule has 1 heterocycles. The smallest absolute Gasteiger partial charge is 0.255 e. The third kappa shape index (κ3) is 6.05. The molecule has 3 aromatic carbocycles. The minimum atomic E-state index is -0.392. The Morgan fingerprint density at radius 2 is 1.88 bits per heavy atom. The maximum absolute atomic E-state index is 15.4. The molecule has 0 radical (unpaired) electrons. The van der Waals surface area contributed by atoms with Crippen LogP contribution in [-0.2, 0) is 11.4 Å². The Kier molecular flexibility index (Phi) is 8.21. The molecule has 0 bridgehead atoms. The van der Waals surface area contributed by atoms with E-state index in [-0.39, 0.29) is 30.3 Å². The topological polar surface area (TPSA) is 91.3 Å². The number of rotatable bonds is 11. The Balaban J connectivity index is 1.59. The molecular formula is C33H34FN3O3. The molecule has 1 amide bonds. The molecule has 7 heteroatoms. The monoisotopic (exact) mass is 539 g/mol. The fourth-order valence-corrected chi connectivity index (χ4v) is 5.07. The molecule has 1 atom stereocenters. The minimum absolute atomic E-state index is 0.128. The van der Waals surface area contributed by atoms with Gasteiger partial charge in [-0.2, -0.15) is 0 Å². The third-order valence-electron chi connectivity index (χ3n) is 7.37. The summed E-state index contributed by atoms with van der Waals surface area (Å²) in [5, 5.41) is 17.3. The number of amides is 1. The molecule has 4 aromatic rings. The number of pyridine rings is 1. The number of halogens is 1. The molecule has 0 spiro atoms. The fraction of sp³-hybridized carbons (Fsp3) is 0.303. The first kappa shape index (κ1) is 27.5. The van der Waals surface area contributed by atoms with Gasteiger partial charge in [-0.05, 0) is 77.8 Å². The van der Waals surface area contributed by atoms with Gasteiger partial charge in [-0.15, -0.1) is 0 Å². The van der Waals surface area contributed by atoms with Crippen molar-refractivity contribution in [3.8, 4) is 11.1 Å². The second-order valence-electron chi connectivity index (χ2n) is 10.6. The number of hydrogen-bond acceptors (Lipinski definition) is 5. The zero-order valence-electron chi connectivity index (χ0n) is 22.8. The summed E-state index contributed by atoms with van der Waals surface area (Å²) in [4.78, 5) is 29.9. The normalized spacial score (nSPS) is 13.7. The van der Waals surface area contributed by atoms with Gasteiger partial charge in [0, 0.05) is 36.2 Å². The van der Waals surface area contributed by atoms with E-state index in [9.17, 15) is 14.7 Å². The van der Waals surface area contributed by atoms with Crippen LogP contribution in [0.4, 0.5) is 15.8 Å². The fourth-order valence-electron chi connectivity index (χ4n) is 5.07. The van der Waals surface area contributed by atoms with Crippen LogP contribution in [0.3, 0.4) is 0 Å². The molecular weight excluding hydrogens is 505 g/mol. The van der Waals surface area contributed by atoms with Crippen LogP contribution in [0, 0.1) is 5.82 Å². The number of nitrogens with zero attached hydrogens (tertiary/aromatic N) is 1. The van der Waals surface area contributed by atoms with Crippen LogP contribution in [-0.4, -0.2) is 27.8 Å². The van der Waals surface area contributed by atoms with Crippen molar-refractivity contribution in [2.75, 3.05) is 5.32 Å². The lowest BCUT2D eigenvalue weighted by Gasteiger charge is -2.18. The summed E-state index contributed by atoms with van der Waals surface area (Å²) >= 11 is 0. The number of benzene rings is 3. The number of carbonyl (C=O) groups is 2. The van der Waals surface area contributed by atoms with Crippen molar-refractivity contribution in [1.82, 2.24) is 10.3 Å². The number of aliphatic hydroxyl groups is 1. The van der Waals surface area contributed by atoms with Gasteiger partial charge in [0.1, 0.15) is 11.6 Å². The van der Waals surface area contributed by atoms with Crippen LogP contribution in [0.2, 0.25) is 0 Å². The molecule has 40 heavy (non-hydrogen) atoms. The van der Waals surface area contributed by atoms with Crippen molar-refractivity contribution >= 4 is 34.0 Å². The van der Waals surface area contributed by atoms with Crippen molar-refractivity contribution in [1.29, 1.82) is 0 Å². The molecule has 1 saturated carbocycles. The van der Waals surface area contributed by atoms with Gasteiger partial charge in [-0.1, -0.05) is 44.2 Å². The van der Waals surface area contributed by atoms with Gasteiger partial charge in [0.25, 0.3) is 5.91 Å². The van der Waals surface area contributed by atoms with E-state index in [1.807, 2.05) is 56.3 Å². The molecule has 6 nitrogen and oxygen atoms in total.